The lowest BCUT2D eigenvalue weighted by molar-refractivity contribution is -0.0632. The predicted molar refractivity (Wildman–Crippen MR) is 50.2 cm³/mol. The Bertz CT molecular complexity index is 365. The van der Waals surface area contributed by atoms with Gasteiger partial charge in [0.2, 0.25) is 0 Å². The Hall–Kier alpha value is -0.540. The van der Waals surface area contributed by atoms with Gasteiger partial charge in [-0.1, -0.05) is 0 Å². The summed E-state index contributed by atoms with van der Waals surface area (Å²) in [5.74, 6) is -1.14. The van der Waals surface area contributed by atoms with Gasteiger partial charge >= 0.3 is 7.60 Å². The Morgan fingerprint density at radius 1 is 1.47 bits per heavy atom. The van der Waals surface area contributed by atoms with Crippen molar-refractivity contribution < 1.29 is 43.9 Å². The van der Waals surface area contributed by atoms with E-state index in [4.69, 9.17) is 20.0 Å². The molecule has 0 amide bonds. The van der Waals surface area contributed by atoms with E-state index in [0.717, 1.165) is 0 Å². The van der Waals surface area contributed by atoms with Crippen LogP contribution in [0.5, 0.6) is 0 Å². The van der Waals surface area contributed by atoms with Gasteiger partial charge in [-0.15, -0.1) is 0 Å². The van der Waals surface area contributed by atoms with Crippen molar-refractivity contribution in [1.82, 2.24) is 0 Å². The molecular formula is C7H12FO8P. The zero-order chi connectivity index (χ0) is 13.4. The zero-order valence-corrected chi connectivity index (χ0v) is 9.24. The average molecular weight is 274 g/mol. The van der Waals surface area contributed by atoms with Gasteiger partial charge in [-0.2, -0.15) is 4.39 Å². The summed E-state index contributed by atoms with van der Waals surface area (Å²) in [6, 6.07) is 0. The highest BCUT2D eigenvalue weighted by atomic mass is 31.2. The van der Waals surface area contributed by atoms with Crippen molar-refractivity contribution in [3.8, 4) is 0 Å². The molecule has 1 fully saturated rings. The predicted octanol–water partition coefficient (Wildman–Crippen LogP) is -2.22. The van der Waals surface area contributed by atoms with Crippen molar-refractivity contribution in [2.45, 2.75) is 24.4 Å². The Morgan fingerprint density at radius 3 is 2.41 bits per heavy atom. The van der Waals surface area contributed by atoms with Gasteiger partial charge in [0.1, 0.15) is 18.3 Å². The van der Waals surface area contributed by atoms with Crippen molar-refractivity contribution in [3.05, 3.63) is 11.3 Å². The van der Waals surface area contributed by atoms with Crippen LogP contribution in [-0.4, -0.2) is 61.2 Å². The molecule has 0 aromatic rings. The van der Waals surface area contributed by atoms with E-state index in [1.165, 1.54) is 0 Å². The minimum absolute atomic E-state index is 0.834. The van der Waals surface area contributed by atoms with E-state index in [1.807, 2.05) is 0 Å². The van der Waals surface area contributed by atoms with E-state index in [0.29, 0.717) is 0 Å². The van der Waals surface area contributed by atoms with Crippen LogP contribution in [0.3, 0.4) is 0 Å². The summed E-state index contributed by atoms with van der Waals surface area (Å²) in [7, 11) is -5.26. The second-order valence-corrected chi connectivity index (χ2v) is 4.95. The molecule has 1 heterocycles. The van der Waals surface area contributed by atoms with E-state index in [-0.39, 0.29) is 0 Å². The first-order valence-electron chi connectivity index (χ1n) is 4.47. The van der Waals surface area contributed by atoms with Crippen molar-refractivity contribution >= 4 is 7.60 Å². The monoisotopic (exact) mass is 274 g/mol. The van der Waals surface area contributed by atoms with Crippen LogP contribution >= 0.6 is 7.60 Å². The van der Waals surface area contributed by atoms with Crippen molar-refractivity contribution in [3.63, 3.8) is 0 Å². The summed E-state index contributed by atoms with van der Waals surface area (Å²) >= 11 is 0. The molecule has 0 aromatic heterocycles. The lowest BCUT2D eigenvalue weighted by Crippen LogP contribution is -2.40. The molecule has 0 radical (unpaired) electrons. The molecule has 0 saturated carbocycles. The normalized spacial score (nSPS) is 34.4. The molecule has 8 nitrogen and oxygen atoms in total. The van der Waals surface area contributed by atoms with Crippen LogP contribution in [0.25, 0.3) is 0 Å². The third-order valence-electron chi connectivity index (χ3n) is 2.22. The highest BCUT2D eigenvalue weighted by Gasteiger charge is 2.47. The van der Waals surface area contributed by atoms with Crippen LogP contribution < -0.4 is 0 Å². The number of aliphatic hydroxyl groups excluding tert-OH is 4. The molecule has 0 bridgehead atoms. The van der Waals surface area contributed by atoms with E-state index < -0.39 is 49.9 Å². The zero-order valence-electron chi connectivity index (χ0n) is 8.34. The maximum absolute atomic E-state index is 13.2. The molecule has 0 unspecified atom stereocenters. The molecule has 4 atom stereocenters. The smallest absolute Gasteiger partial charge is 0.388 e. The van der Waals surface area contributed by atoms with Gasteiger partial charge in [-0.3, -0.25) is 4.57 Å². The first-order chi connectivity index (χ1) is 7.70. The third kappa shape index (κ3) is 2.83. The van der Waals surface area contributed by atoms with Gasteiger partial charge < -0.3 is 34.9 Å². The van der Waals surface area contributed by atoms with Crippen molar-refractivity contribution in [1.29, 1.82) is 0 Å². The molecule has 10 heteroatoms. The molecule has 1 aliphatic heterocycles. The summed E-state index contributed by atoms with van der Waals surface area (Å²) in [5, 5.41) is 36.4. The van der Waals surface area contributed by atoms with Crippen LogP contribution in [0.2, 0.25) is 0 Å². The van der Waals surface area contributed by atoms with Gasteiger partial charge in [0.25, 0.3) is 5.57 Å². The van der Waals surface area contributed by atoms with E-state index in [9.17, 15) is 19.2 Å². The lowest BCUT2D eigenvalue weighted by Gasteiger charge is -2.18. The van der Waals surface area contributed by atoms with E-state index >= 15 is 0 Å². The number of aliphatic hydroxyl groups is 4. The summed E-state index contributed by atoms with van der Waals surface area (Å²) in [6.07, 6.45) is -7.01. The number of ether oxygens (including phenoxy) is 1. The van der Waals surface area contributed by atoms with E-state index in [1.54, 1.807) is 0 Å². The highest BCUT2D eigenvalue weighted by molar-refractivity contribution is 7.56. The minimum Gasteiger partial charge on any atom is -0.483 e. The Kier molecular flexibility index (Phi) is 4.26. The molecule has 0 aromatic carbocycles. The number of hydrogen-bond donors (Lipinski definition) is 6. The first kappa shape index (κ1) is 14.5. The molecule has 100 valence electrons. The Morgan fingerprint density at radius 2 is 2.00 bits per heavy atom. The number of rotatable bonds is 3. The molecule has 1 aliphatic rings. The third-order valence-corrected chi connectivity index (χ3v) is 2.95. The second kappa shape index (κ2) is 4.99. The van der Waals surface area contributed by atoms with Crippen LogP contribution in [0, 0.1) is 0 Å². The molecule has 0 spiro atoms. The van der Waals surface area contributed by atoms with Gasteiger partial charge in [-0.05, 0) is 0 Å². The largest absolute Gasteiger partial charge is 0.483 e. The molecule has 1 rings (SSSR count). The molecule has 6 N–H and O–H groups in total. The second-order valence-electron chi connectivity index (χ2n) is 3.47. The summed E-state index contributed by atoms with van der Waals surface area (Å²) < 4.78 is 28.3. The van der Waals surface area contributed by atoms with E-state index in [2.05, 4.69) is 4.74 Å². The standard InChI is InChI=1S/C7H12FO8P/c8-7(17(13,14)15)6-4(12)3(11)5(16-6)2(10)1-9/h2-5,9-12H,1H2,(H2,13,14,15)/b7-6+/t2-,3-,4-,5+/m1/s1. The van der Waals surface area contributed by atoms with Crippen LogP contribution in [0.4, 0.5) is 4.39 Å². The topological polar surface area (TPSA) is 148 Å². The first-order valence-corrected chi connectivity index (χ1v) is 6.09. The molecule has 0 aliphatic carbocycles. The average Bonchev–Trinajstić information content (AvgIpc) is 2.53. The fourth-order valence-electron chi connectivity index (χ4n) is 1.35. The number of halogens is 1. The maximum Gasteiger partial charge on any atom is 0.388 e. The van der Waals surface area contributed by atoms with Gasteiger partial charge in [-0.25, -0.2) is 0 Å². The maximum atomic E-state index is 13.2. The van der Waals surface area contributed by atoms with Gasteiger partial charge in [0, 0.05) is 0 Å². The lowest BCUT2D eigenvalue weighted by atomic mass is 10.1. The summed E-state index contributed by atoms with van der Waals surface area (Å²) in [6.45, 7) is -0.834. The number of hydrogen-bond acceptors (Lipinski definition) is 6. The minimum atomic E-state index is -5.26. The van der Waals surface area contributed by atoms with Gasteiger partial charge in [0.15, 0.2) is 11.9 Å². The van der Waals surface area contributed by atoms with Crippen LogP contribution in [0.1, 0.15) is 0 Å². The summed E-state index contributed by atoms with van der Waals surface area (Å²) in [5.41, 5.74) is -2.02. The van der Waals surface area contributed by atoms with Gasteiger partial charge in [0.05, 0.1) is 6.61 Å². The molecule has 1 saturated heterocycles. The van der Waals surface area contributed by atoms with Crippen molar-refractivity contribution in [2.75, 3.05) is 6.61 Å². The quantitative estimate of drug-likeness (QED) is 0.317. The Labute approximate surface area is 94.7 Å². The van der Waals surface area contributed by atoms with Crippen LogP contribution in [-0.2, 0) is 9.30 Å². The van der Waals surface area contributed by atoms with Crippen molar-refractivity contribution in [2.24, 2.45) is 0 Å². The Balaban J connectivity index is 3.05. The fraction of sp³-hybridized carbons (Fsp3) is 0.714. The molecular weight excluding hydrogens is 262 g/mol. The SMILES string of the molecule is O=P(O)(O)/C(F)=C1/O[C@@H]([C@H](O)CO)[C@H](O)[C@H]1O. The molecule has 17 heavy (non-hydrogen) atoms. The summed E-state index contributed by atoms with van der Waals surface area (Å²) in [4.78, 5) is 17.1. The highest BCUT2D eigenvalue weighted by Crippen LogP contribution is 2.49. The fourth-order valence-corrected chi connectivity index (χ4v) is 1.82. The van der Waals surface area contributed by atoms with Crippen LogP contribution in [0.15, 0.2) is 11.3 Å².